The largest absolute Gasteiger partial charge is 0.497 e. The highest BCUT2D eigenvalue weighted by atomic mass is 16.5. The average Bonchev–Trinajstić information content (AvgIpc) is 2.48. The number of ether oxygens (including phenoxy) is 1. The van der Waals surface area contributed by atoms with Crippen LogP contribution < -0.4 is 10.5 Å². The standard InChI is InChI=1S/C18H24N2O/c1-4-20(13-16-8-6-5-7-14(16)2)12-15-9-17(19)11-18(10-15)21-3/h5-11H,4,12-13,19H2,1-3H3. The molecule has 2 rings (SSSR count). The van der Waals surface area contributed by atoms with Crippen LogP contribution in [-0.4, -0.2) is 18.6 Å². The fraction of sp³-hybridized carbons (Fsp3) is 0.333. The van der Waals surface area contributed by atoms with E-state index in [-0.39, 0.29) is 0 Å². The number of hydrogen-bond acceptors (Lipinski definition) is 3. The highest BCUT2D eigenvalue weighted by molar-refractivity contribution is 5.47. The van der Waals surface area contributed by atoms with Crippen molar-refractivity contribution in [2.24, 2.45) is 0 Å². The Balaban J connectivity index is 2.12. The van der Waals surface area contributed by atoms with E-state index in [0.717, 1.165) is 31.1 Å². The number of nitrogen functional groups attached to an aromatic ring is 1. The van der Waals surface area contributed by atoms with E-state index in [0.29, 0.717) is 0 Å². The Morgan fingerprint density at radius 3 is 2.52 bits per heavy atom. The second-order valence-electron chi connectivity index (χ2n) is 5.34. The third-order valence-electron chi connectivity index (χ3n) is 3.73. The van der Waals surface area contributed by atoms with Gasteiger partial charge < -0.3 is 10.5 Å². The van der Waals surface area contributed by atoms with E-state index in [2.05, 4.69) is 49.1 Å². The minimum atomic E-state index is 0.747. The fourth-order valence-corrected chi connectivity index (χ4v) is 2.46. The molecule has 0 fully saturated rings. The van der Waals surface area contributed by atoms with Crippen molar-refractivity contribution in [3.8, 4) is 5.75 Å². The van der Waals surface area contributed by atoms with Crippen molar-refractivity contribution in [3.63, 3.8) is 0 Å². The Kier molecular flexibility index (Phi) is 5.23. The van der Waals surface area contributed by atoms with Crippen molar-refractivity contribution in [3.05, 3.63) is 59.2 Å². The van der Waals surface area contributed by atoms with Crippen LogP contribution in [0.2, 0.25) is 0 Å². The molecule has 0 spiro atoms. The predicted molar refractivity (Wildman–Crippen MR) is 88.4 cm³/mol. The number of anilines is 1. The lowest BCUT2D eigenvalue weighted by atomic mass is 10.1. The summed E-state index contributed by atoms with van der Waals surface area (Å²) in [6.45, 7) is 7.15. The van der Waals surface area contributed by atoms with Crippen molar-refractivity contribution in [2.45, 2.75) is 26.9 Å². The van der Waals surface area contributed by atoms with E-state index in [4.69, 9.17) is 10.5 Å². The summed E-state index contributed by atoms with van der Waals surface area (Å²) in [5.41, 5.74) is 10.6. The molecule has 2 aromatic rings. The van der Waals surface area contributed by atoms with Crippen LogP contribution in [0.15, 0.2) is 42.5 Å². The quantitative estimate of drug-likeness (QED) is 0.824. The fourth-order valence-electron chi connectivity index (χ4n) is 2.46. The normalized spacial score (nSPS) is 10.9. The number of methoxy groups -OCH3 is 1. The number of aryl methyl sites for hydroxylation is 1. The lowest BCUT2D eigenvalue weighted by Gasteiger charge is -2.22. The Morgan fingerprint density at radius 2 is 1.86 bits per heavy atom. The van der Waals surface area contributed by atoms with Crippen LogP contribution >= 0.6 is 0 Å². The first-order valence-corrected chi connectivity index (χ1v) is 7.32. The molecule has 0 bridgehead atoms. The third kappa shape index (κ3) is 4.23. The summed E-state index contributed by atoms with van der Waals surface area (Å²) in [5.74, 6) is 0.817. The maximum absolute atomic E-state index is 5.93. The van der Waals surface area contributed by atoms with Crippen LogP contribution in [0.4, 0.5) is 5.69 Å². The van der Waals surface area contributed by atoms with Crippen molar-refractivity contribution in [2.75, 3.05) is 19.4 Å². The van der Waals surface area contributed by atoms with E-state index in [1.165, 1.54) is 16.7 Å². The Hall–Kier alpha value is -2.00. The highest BCUT2D eigenvalue weighted by Crippen LogP contribution is 2.20. The van der Waals surface area contributed by atoms with Gasteiger partial charge in [-0.3, -0.25) is 4.90 Å². The third-order valence-corrected chi connectivity index (χ3v) is 3.73. The van der Waals surface area contributed by atoms with Gasteiger partial charge in [0.1, 0.15) is 5.75 Å². The SMILES string of the molecule is CCN(Cc1cc(N)cc(OC)c1)Cc1ccccc1C. The molecule has 0 aliphatic carbocycles. The van der Waals surface area contributed by atoms with Crippen molar-refractivity contribution in [1.82, 2.24) is 4.90 Å². The zero-order valence-corrected chi connectivity index (χ0v) is 13.1. The second kappa shape index (κ2) is 7.14. The molecule has 3 nitrogen and oxygen atoms in total. The molecule has 2 aromatic carbocycles. The number of nitrogens with zero attached hydrogens (tertiary/aromatic N) is 1. The van der Waals surface area contributed by atoms with E-state index in [1.54, 1.807) is 7.11 Å². The smallest absolute Gasteiger partial charge is 0.121 e. The molecule has 0 saturated heterocycles. The van der Waals surface area contributed by atoms with Gasteiger partial charge in [-0.05, 0) is 42.3 Å². The second-order valence-corrected chi connectivity index (χ2v) is 5.34. The first-order chi connectivity index (χ1) is 10.1. The Bertz CT molecular complexity index is 596. The van der Waals surface area contributed by atoms with Gasteiger partial charge in [0, 0.05) is 24.8 Å². The van der Waals surface area contributed by atoms with Gasteiger partial charge in [0.2, 0.25) is 0 Å². The van der Waals surface area contributed by atoms with Gasteiger partial charge in [0.05, 0.1) is 7.11 Å². The number of nitrogens with two attached hydrogens (primary N) is 1. The molecule has 112 valence electrons. The zero-order valence-electron chi connectivity index (χ0n) is 13.1. The Labute approximate surface area is 127 Å². The topological polar surface area (TPSA) is 38.5 Å². The molecule has 0 radical (unpaired) electrons. The molecule has 0 aliphatic rings. The summed E-state index contributed by atoms with van der Waals surface area (Å²) < 4.78 is 5.29. The van der Waals surface area contributed by atoms with Crippen molar-refractivity contribution < 1.29 is 4.74 Å². The summed E-state index contributed by atoms with van der Waals surface area (Å²) in [7, 11) is 1.67. The molecule has 2 N–H and O–H groups in total. The van der Waals surface area contributed by atoms with Gasteiger partial charge in [-0.1, -0.05) is 31.2 Å². The number of rotatable bonds is 6. The molecular weight excluding hydrogens is 260 g/mol. The number of hydrogen-bond donors (Lipinski definition) is 1. The lowest BCUT2D eigenvalue weighted by Crippen LogP contribution is -2.22. The Morgan fingerprint density at radius 1 is 1.10 bits per heavy atom. The van der Waals surface area contributed by atoms with E-state index >= 15 is 0 Å². The van der Waals surface area contributed by atoms with E-state index in [1.807, 2.05) is 12.1 Å². The van der Waals surface area contributed by atoms with E-state index in [9.17, 15) is 0 Å². The van der Waals surface area contributed by atoms with Crippen LogP contribution in [-0.2, 0) is 13.1 Å². The maximum atomic E-state index is 5.93. The summed E-state index contributed by atoms with van der Waals surface area (Å²) in [5, 5.41) is 0. The molecule has 0 amide bonds. The maximum Gasteiger partial charge on any atom is 0.121 e. The van der Waals surface area contributed by atoms with Crippen molar-refractivity contribution >= 4 is 5.69 Å². The van der Waals surface area contributed by atoms with Crippen LogP contribution in [0.1, 0.15) is 23.6 Å². The molecule has 0 atom stereocenters. The van der Waals surface area contributed by atoms with Gasteiger partial charge in [-0.2, -0.15) is 0 Å². The zero-order chi connectivity index (χ0) is 15.2. The van der Waals surface area contributed by atoms with Crippen LogP contribution in [0.3, 0.4) is 0 Å². The highest BCUT2D eigenvalue weighted by Gasteiger charge is 2.08. The summed E-state index contributed by atoms with van der Waals surface area (Å²) in [6, 6.07) is 14.4. The van der Waals surface area contributed by atoms with Gasteiger partial charge in [0.15, 0.2) is 0 Å². The van der Waals surface area contributed by atoms with Gasteiger partial charge in [-0.15, -0.1) is 0 Å². The van der Waals surface area contributed by atoms with Crippen LogP contribution in [0.5, 0.6) is 5.75 Å². The molecular formula is C18H24N2O. The molecule has 3 heteroatoms. The summed E-state index contributed by atoms with van der Waals surface area (Å²) in [4.78, 5) is 2.40. The predicted octanol–water partition coefficient (Wildman–Crippen LogP) is 3.61. The van der Waals surface area contributed by atoms with Gasteiger partial charge >= 0.3 is 0 Å². The van der Waals surface area contributed by atoms with Crippen molar-refractivity contribution in [1.29, 1.82) is 0 Å². The first-order valence-electron chi connectivity index (χ1n) is 7.32. The van der Waals surface area contributed by atoms with Gasteiger partial charge in [0.25, 0.3) is 0 Å². The monoisotopic (exact) mass is 284 g/mol. The molecule has 0 aromatic heterocycles. The van der Waals surface area contributed by atoms with Crippen LogP contribution in [0, 0.1) is 6.92 Å². The summed E-state index contributed by atoms with van der Waals surface area (Å²) in [6.07, 6.45) is 0. The van der Waals surface area contributed by atoms with E-state index < -0.39 is 0 Å². The minimum Gasteiger partial charge on any atom is -0.497 e. The minimum absolute atomic E-state index is 0.747. The summed E-state index contributed by atoms with van der Waals surface area (Å²) >= 11 is 0. The molecule has 0 unspecified atom stereocenters. The lowest BCUT2D eigenvalue weighted by molar-refractivity contribution is 0.270. The average molecular weight is 284 g/mol. The van der Waals surface area contributed by atoms with Gasteiger partial charge in [-0.25, -0.2) is 0 Å². The molecule has 0 aliphatic heterocycles. The number of benzene rings is 2. The molecule has 21 heavy (non-hydrogen) atoms. The molecule has 0 heterocycles. The first kappa shape index (κ1) is 15.4. The molecule has 0 saturated carbocycles. The van der Waals surface area contributed by atoms with Crippen LogP contribution in [0.25, 0.3) is 0 Å².